The summed E-state index contributed by atoms with van der Waals surface area (Å²) in [5.41, 5.74) is 5.04. The number of fused-ring (bicyclic) bond motifs is 1. The lowest BCUT2D eigenvalue weighted by Crippen LogP contribution is -2.43. The van der Waals surface area contributed by atoms with Gasteiger partial charge in [0.25, 0.3) is 0 Å². The summed E-state index contributed by atoms with van der Waals surface area (Å²) < 4.78 is 5.02. The van der Waals surface area contributed by atoms with Crippen molar-refractivity contribution in [1.29, 1.82) is 0 Å². The number of methoxy groups -OCH3 is 1. The van der Waals surface area contributed by atoms with Gasteiger partial charge in [-0.25, -0.2) is 0 Å². The Kier molecular flexibility index (Phi) is 8.57. The van der Waals surface area contributed by atoms with Crippen LogP contribution in [0.15, 0.2) is 72.8 Å². The molecule has 1 amide bonds. The molecule has 200 valence electrons. The molecule has 7 heteroatoms. The van der Waals surface area contributed by atoms with E-state index in [1.54, 1.807) is 7.11 Å². The standard InChI is InChI=1S/C21H22N4.C11H13NO2/c1-24-12-14-25(15-13-24)16-18-8-6-17(7-9-18)10-11-21-19-4-2-3-5-20(19)22-23-21;1-14-10-6-4-9(5-7-10)12-11(13)8-2-3-8/h2-9H,12-16H2,1H3,(H,22,23);4-8H,2-3H2,1H3,(H,12,13). The van der Waals surface area contributed by atoms with Gasteiger partial charge in [-0.15, -0.1) is 0 Å². The molecule has 1 aliphatic carbocycles. The molecule has 0 radical (unpaired) electrons. The fourth-order valence-electron chi connectivity index (χ4n) is 4.41. The van der Waals surface area contributed by atoms with Gasteiger partial charge in [-0.3, -0.25) is 14.8 Å². The molecular formula is C32H35N5O2. The van der Waals surface area contributed by atoms with Crippen molar-refractivity contribution in [2.45, 2.75) is 19.4 Å². The first-order valence-electron chi connectivity index (χ1n) is 13.5. The summed E-state index contributed by atoms with van der Waals surface area (Å²) in [4.78, 5) is 16.3. The summed E-state index contributed by atoms with van der Waals surface area (Å²) in [5.74, 6) is 7.62. The van der Waals surface area contributed by atoms with E-state index in [9.17, 15) is 4.79 Å². The lowest BCUT2D eigenvalue weighted by molar-refractivity contribution is -0.117. The quantitative estimate of drug-likeness (QED) is 0.371. The number of hydrogen-bond acceptors (Lipinski definition) is 5. The number of benzene rings is 3. The molecule has 1 saturated carbocycles. The largest absolute Gasteiger partial charge is 0.497 e. The summed E-state index contributed by atoms with van der Waals surface area (Å²) in [6.07, 6.45) is 2.06. The van der Waals surface area contributed by atoms with Crippen LogP contribution in [-0.4, -0.2) is 66.2 Å². The molecule has 39 heavy (non-hydrogen) atoms. The first-order chi connectivity index (χ1) is 19.1. The average molecular weight is 522 g/mol. The molecule has 0 atom stereocenters. The third kappa shape index (κ3) is 7.47. The number of para-hydroxylation sites is 1. The molecule has 1 saturated heterocycles. The van der Waals surface area contributed by atoms with Gasteiger partial charge in [-0.05, 0) is 79.9 Å². The van der Waals surface area contributed by atoms with Crippen molar-refractivity contribution < 1.29 is 9.53 Å². The first-order valence-corrected chi connectivity index (χ1v) is 13.5. The second kappa shape index (κ2) is 12.6. The molecule has 2 heterocycles. The Morgan fingerprint density at radius 3 is 2.38 bits per heavy atom. The van der Waals surface area contributed by atoms with Crippen LogP contribution >= 0.6 is 0 Å². The maximum Gasteiger partial charge on any atom is 0.227 e. The molecule has 2 aliphatic rings. The lowest BCUT2D eigenvalue weighted by atomic mass is 10.1. The molecule has 0 bridgehead atoms. The van der Waals surface area contributed by atoms with Crippen molar-refractivity contribution >= 4 is 22.5 Å². The minimum Gasteiger partial charge on any atom is -0.497 e. The number of hydrogen-bond donors (Lipinski definition) is 2. The summed E-state index contributed by atoms with van der Waals surface area (Å²) >= 11 is 0. The smallest absolute Gasteiger partial charge is 0.227 e. The third-order valence-corrected chi connectivity index (χ3v) is 7.06. The van der Waals surface area contributed by atoms with E-state index >= 15 is 0 Å². The molecule has 0 unspecified atom stereocenters. The topological polar surface area (TPSA) is 73.5 Å². The third-order valence-electron chi connectivity index (χ3n) is 7.06. The van der Waals surface area contributed by atoms with Gasteiger partial charge >= 0.3 is 0 Å². The number of aromatic nitrogens is 2. The second-order valence-electron chi connectivity index (χ2n) is 10.1. The van der Waals surface area contributed by atoms with Gasteiger partial charge in [0, 0.05) is 55.3 Å². The monoisotopic (exact) mass is 521 g/mol. The number of nitrogens with one attached hydrogen (secondary N) is 2. The fourth-order valence-corrected chi connectivity index (χ4v) is 4.41. The molecular weight excluding hydrogens is 486 g/mol. The molecule has 7 nitrogen and oxygen atoms in total. The lowest BCUT2D eigenvalue weighted by Gasteiger charge is -2.32. The summed E-state index contributed by atoms with van der Waals surface area (Å²) in [7, 11) is 3.81. The number of ether oxygens (including phenoxy) is 1. The van der Waals surface area contributed by atoms with Crippen LogP contribution in [0.25, 0.3) is 10.9 Å². The van der Waals surface area contributed by atoms with Crippen molar-refractivity contribution in [2.75, 3.05) is 45.7 Å². The number of amides is 1. The Hall–Kier alpha value is -4.12. The summed E-state index contributed by atoms with van der Waals surface area (Å²) in [5, 5.41) is 11.2. The van der Waals surface area contributed by atoms with Gasteiger partial charge in [0.05, 0.1) is 12.6 Å². The number of piperazine rings is 1. The van der Waals surface area contributed by atoms with Crippen molar-refractivity contribution in [3.63, 3.8) is 0 Å². The van der Waals surface area contributed by atoms with Crippen LogP contribution in [0.1, 0.15) is 29.7 Å². The Balaban J connectivity index is 0.000000186. The fraction of sp³-hybridized carbons (Fsp3) is 0.312. The van der Waals surface area contributed by atoms with Crippen LogP contribution in [0.4, 0.5) is 5.69 Å². The maximum atomic E-state index is 11.4. The normalized spacial score (nSPS) is 15.5. The summed E-state index contributed by atoms with van der Waals surface area (Å²) in [6, 6.07) is 24.0. The minimum atomic E-state index is 0.134. The van der Waals surface area contributed by atoms with Gasteiger partial charge in [-0.2, -0.15) is 5.10 Å². The SMILES string of the molecule is CN1CCN(Cc2ccc(C#Cc3[nH]nc4ccccc34)cc2)CC1.COc1ccc(NC(=O)C2CC2)cc1. The number of likely N-dealkylation sites (N-methyl/N-ethyl adjacent to an activating group) is 1. The summed E-state index contributed by atoms with van der Waals surface area (Å²) in [6.45, 7) is 5.62. The van der Waals surface area contributed by atoms with Gasteiger partial charge in [-0.1, -0.05) is 30.2 Å². The molecule has 4 aromatic rings. The van der Waals surface area contributed by atoms with Crippen LogP contribution in [0.3, 0.4) is 0 Å². The van der Waals surface area contributed by atoms with Crippen molar-refractivity contribution in [1.82, 2.24) is 20.0 Å². The van der Waals surface area contributed by atoms with E-state index in [0.717, 1.165) is 79.2 Å². The van der Waals surface area contributed by atoms with E-state index in [-0.39, 0.29) is 11.8 Å². The molecule has 2 fully saturated rings. The zero-order valence-corrected chi connectivity index (χ0v) is 22.6. The Bertz CT molecular complexity index is 1440. The predicted molar refractivity (Wildman–Crippen MR) is 156 cm³/mol. The van der Waals surface area contributed by atoms with Crippen LogP contribution in [0, 0.1) is 17.8 Å². The number of nitrogens with zero attached hydrogens (tertiary/aromatic N) is 3. The maximum absolute atomic E-state index is 11.4. The van der Waals surface area contributed by atoms with Crippen LogP contribution in [-0.2, 0) is 11.3 Å². The number of aromatic amines is 1. The average Bonchev–Trinajstić information content (AvgIpc) is 3.75. The van der Waals surface area contributed by atoms with E-state index in [2.05, 4.69) is 68.5 Å². The molecule has 3 aromatic carbocycles. The Morgan fingerprint density at radius 1 is 0.974 bits per heavy atom. The molecule has 0 spiro atoms. The van der Waals surface area contributed by atoms with E-state index in [1.165, 1.54) is 5.56 Å². The van der Waals surface area contributed by atoms with Crippen LogP contribution in [0.2, 0.25) is 0 Å². The molecule has 1 aromatic heterocycles. The Labute approximate surface area is 230 Å². The molecule has 6 rings (SSSR count). The number of anilines is 1. The van der Waals surface area contributed by atoms with Gasteiger partial charge in [0.15, 0.2) is 0 Å². The number of H-pyrrole nitrogens is 1. The zero-order valence-electron chi connectivity index (χ0n) is 22.6. The number of carbonyl (C=O) groups excluding carboxylic acids is 1. The van der Waals surface area contributed by atoms with Crippen molar-refractivity contribution in [3.8, 4) is 17.6 Å². The van der Waals surface area contributed by atoms with Gasteiger partial charge < -0.3 is 15.0 Å². The van der Waals surface area contributed by atoms with E-state index in [4.69, 9.17) is 4.74 Å². The molecule has 1 aliphatic heterocycles. The van der Waals surface area contributed by atoms with E-state index in [1.807, 2.05) is 48.5 Å². The Morgan fingerprint density at radius 2 is 1.69 bits per heavy atom. The van der Waals surface area contributed by atoms with Crippen LogP contribution in [0.5, 0.6) is 5.75 Å². The highest BCUT2D eigenvalue weighted by atomic mass is 16.5. The van der Waals surface area contributed by atoms with Crippen molar-refractivity contribution in [2.24, 2.45) is 5.92 Å². The second-order valence-corrected chi connectivity index (χ2v) is 10.1. The highest BCUT2D eigenvalue weighted by molar-refractivity contribution is 5.94. The van der Waals surface area contributed by atoms with Gasteiger partial charge in [0.1, 0.15) is 11.4 Å². The first kappa shape index (κ1) is 26.5. The van der Waals surface area contributed by atoms with Gasteiger partial charge in [0.2, 0.25) is 5.91 Å². The van der Waals surface area contributed by atoms with Crippen LogP contribution < -0.4 is 10.1 Å². The highest BCUT2D eigenvalue weighted by Gasteiger charge is 2.29. The number of carbonyl (C=O) groups is 1. The minimum absolute atomic E-state index is 0.134. The number of rotatable bonds is 5. The predicted octanol–water partition coefficient (Wildman–Crippen LogP) is 4.75. The zero-order chi connectivity index (χ0) is 27.0. The molecule has 2 N–H and O–H groups in total. The highest BCUT2D eigenvalue weighted by Crippen LogP contribution is 2.30. The van der Waals surface area contributed by atoms with E-state index in [0.29, 0.717) is 0 Å². The van der Waals surface area contributed by atoms with E-state index < -0.39 is 0 Å². The van der Waals surface area contributed by atoms with Crippen molar-refractivity contribution in [3.05, 3.63) is 89.6 Å².